The topological polar surface area (TPSA) is 69.0 Å². The number of carbonyl (C=O) groups is 1. The Morgan fingerprint density at radius 1 is 1.03 bits per heavy atom. The second kappa shape index (κ2) is 8.78. The molecule has 4 aromatic rings. The van der Waals surface area contributed by atoms with E-state index in [0.29, 0.717) is 22.0 Å². The van der Waals surface area contributed by atoms with E-state index in [4.69, 9.17) is 16.3 Å². The van der Waals surface area contributed by atoms with Crippen LogP contribution >= 0.6 is 11.6 Å². The molecule has 1 N–H and O–H groups in total. The maximum Gasteiger partial charge on any atom is 0.262 e. The van der Waals surface area contributed by atoms with E-state index in [2.05, 4.69) is 34.6 Å². The van der Waals surface area contributed by atoms with Gasteiger partial charge in [-0.15, -0.1) is 10.2 Å². The highest BCUT2D eigenvalue weighted by Crippen LogP contribution is 2.29. The number of aromatic nitrogens is 3. The molecule has 0 spiro atoms. The maximum atomic E-state index is 12.4. The highest BCUT2D eigenvalue weighted by atomic mass is 35.5. The van der Waals surface area contributed by atoms with Gasteiger partial charge in [0.1, 0.15) is 16.8 Å². The number of anilines is 1. The Morgan fingerprint density at radius 3 is 2.48 bits per heavy atom. The van der Waals surface area contributed by atoms with Crippen LogP contribution in [0.15, 0.2) is 54.6 Å². The first-order valence-corrected chi connectivity index (χ1v) is 10.5. The average Bonchev–Trinajstić information content (AvgIpc) is 3.16. The molecule has 31 heavy (non-hydrogen) atoms. The number of rotatable bonds is 6. The molecule has 0 aliphatic heterocycles. The molecule has 6 nitrogen and oxygen atoms in total. The second-order valence-corrected chi connectivity index (χ2v) is 7.85. The van der Waals surface area contributed by atoms with Gasteiger partial charge in [0.2, 0.25) is 0 Å². The van der Waals surface area contributed by atoms with Crippen molar-refractivity contribution in [3.8, 4) is 11.4 Å². The molecule has 4 rings (SSSR count). The quantitative estimate of drug-likeness (QED) is 0.448. The Labute approximate surface area is 185 Å². The monoisotopic (exact) mass is 434 g/mol. The summed E-state index contributed by atoms with van der Waals surface area (Å²) in [6, 6.07) is 17.3. The lowest BCUT2D eigenvalue weighted by atomic mass is 10.1. The molecule has 0 aliphatic rings. The number of amides is 1. The van der Waals surface area contributed by atoms with Crippen molar-refractivity contribution in [2.75, 3.05) is 11.9 Å². The van der Waals surface area contributed by atoms with Crippen molar-refractivity contribution < 1.29 is 9.53 Å². The van der Waals surface area contributed by atoms with E-state index in [1.807, 2.05) is 44.2 Å². The third-order valence-corrected chi connectivity index (χ3v) is 5.24. The predicted molar refractivity (Wildman–Crippen MR) is 123 cm³/mol. The number of hydrogen-bond acceptors (Lipinski definition) is 4. The lowest BCUT2D eigenvalue weighted by Gasteiger charge is -2.12. The number of fused-ring (bicyclic) bond motifs is 1. The summed E-state index contributed by atoms with van der Waals surface area (Å²) < 4.78 is 5.65. The molecule has 3 aromatic carbocycles. The minimum absolute atomic E-state index is 0.141. The number of halogens is 1. The fourth-order valence-electron chi connectivity index (χ4n) is 3.39. The van der Waals surface area contributed by atoms with Crippen LogP contribution in [-0.2, 0) is 11.2 Å². The van der Waals surface area contributed by atoms with Crippen LogP contribution in [0.4, 0.5) is 5.69 Å². The van der Waals surface area contributed by atoms with Gasteiger partial charge in [-0.1, -0.05) is 36.7 Å². The molecule has 0 unspecified atom stereocenters. The van der Waals surface area contributed by atoms with Crippen LogP contribution in [0, 0.1) is 13.8 Å². The number of nitrogens with one attached hydrogen (secondary N) is 1. The van der Waals surface area contributed by atoms with E-state index in [0.717, 1.165) is 28.8 Å². The largest absolute Gasteiger partial charge is 0.482 e. The van der Waals surface area contributed by atoms with Crippen molar-refractivity contribution in [1.82, 2.24) is 15.0 Å². The summed E-state index contributed by atoms with van der Waals surface area (Å²) in [5, 5.41) is 12.4. The third kappa shape index (κ3) is 4.70. The molecule has 0 fully saturated rings. The van der Waals surface area contributed by atoms with E-state index in [1.54, 1.807) is 16.9 Å². The van der Waals surface area contributed by atoms with Gasteiger partial charge < -0.3 is 10.1 Å². The fraction of sp³-hybridized carbons (Fsp3) is 0.208. The van der Waals surface area contributed by atoms with Crippen molar-refractivity contribution in [2.45, 2.75) is 27.2 Å². The first-order valence-electron chi connectivity index (χ1n) is 10.1. The van der Waals surface area contributed by atoms with Gasteiger partial charge in [0.25, 0.3) is 5.91 Å². The van der Waals surface area contributed by atoms with Gasteiger partial charge in [-0.05, 0) is 73.4 Å². The normalized spacial score (nSPS) is 11.0. The summed E-state index contributed by atoms with van der Waals surface area (Å²) in [7, 11) is 0. The molecular weight excluding hydrogens is 412 g/mol. The Morgan fingerprint density at radius 2 is 1.77 bits per heavy atom. The third-order valence-electron chi connectivity index (χ3n) is 4.96. The van der Waals surface area contributed by atoms with Gasteiger partial charge in [0.15, 0.2) is 6.61 Å². The van der Waals surface area contributed by atoms with Crippen LogP contribution in [0.3, 0.4) is 0 Å². The zero-order valence-corrected chi connectivity index (χ0v) is 18.4. The first kappa shape index (κ1) is 20.9. The van der Waals surface area contributed by atoms with Gasteiger partial charge in [-0.3, -0.25) is 4.79 Å². The van der Waals surface area contributed by atoms with Crippen LogP contribution < -0.4 is 10.1 Å². The Balaban J connectivity index is 1.45. The lowest BCUT2D eigenvalue weighted by Crippen LogP contribution is -2.20. The standard InChI is InChI=1S/C24H23ClN4O2/c1-4-17-5-8-19(9-6-17)29-27-21-10-7-18(13-22(21)28-29)26-23(30)14-31-24-16(3)11-15(2)12-20(24)25/h5-13H,4,14H2,1-3H3,(H,26,30). The Kier molecular flexibility index (Phi) is 5.91. The predicted octanol–water partition coefficient (Wildman–Crippen LogP) is 5.27. The number of aryl methyl sites for hydroxylation is 3. The lowest BCUT2D eigenvalue weighted by molar-refractivity contribution is -0.118. The number of carbonyl (C=O) groups excluding carboxylic acids is 1. The van der Waals surface area contributed by atoms with Crippen LogP contribution in [0.2, 0.25) is 5.02 Å². The smallest absolute Gasteiger partial charge is 0.262 e. The van der Waals surface area contributed by atoms with Crippen molar-refractivity contribution >= 4 is 34.2 Å². The summed E-state index contributed by atoms with van der Waals surface area (Å²) in [5.74, 6) is 0.243. The van der Waals surface area contributed by atoms with Crippen LogP contribution in [0.5, 0.6) is 5.75 Å². The van der Waals surface area contributed by atoms with Gasteiger partial charge in [-0.2, -0.15) is 4.80 Å². The van der Waals surface area contributed by atoms with Gasteiger partial charge in [-0.25, -0.2) is 0 Å². The van der Waals surface area contributed by atoms with Gasteiger partial charge >= 0.3 is 0 Å². The zero-order valence-electron chi connectivity index (χ0n) is 17.6. The molecular formula is C24H23ClN4O2. The molecule has 0 radical (unpaired) electrons. The molecule has 0 atom stereocenters. The van der Waals surface area contributed by atoms with Crippen LogP contribution in [0.1, 0.15) is 23.6 Å². The van der Waals surface area contributed by atoms with Gasteiger partial charge in [0, 0.05) is 5.69 Å². The summed E-state index contributed by atoms with van der Waals surface area (Å²) >= 11 is 6.24. The maximum absolute atomic E-state index is 12.4. The molecule has 0 bridgehead atoms. The van der Waals surface area contributed by atoms with E-state index < -0.39 is 0 Å². The number of ether oxygens (including phenoxy) is 1. The van der Waals surface area contributed by atoms with E-state index in [1.165, 1.54) is 5.56 Å². The van der Waals surface area contributed by atoms with E-state index in [9.17, 15) is 4.79 Å². The molecule has 0 saturated heterocycles. The van der Waals surface area contributed by atoms with E-state index in [-0.39, 0.29) is 12.5 Å². The number of hydrogen-bond donors (Lipinski definition) is 1. The molecule has 0 aliphatic carbocycles. The molecule has 0 saturated carbocycles. The second-order valence-electron chi connectivity index (χ2n) is 7.44. The molecule has 1 aromatic heterocycles. The Hall–Kier alpha value is -3.38. The highest BCUT2D eigenvalue weighted by Gasteiger charge is 2.11. The minimum atomic E-state index is -0.280. The van der Waals surface area contributed by atoms with Crippen molar-refractivity contribution in [3.05, 3.63) is 76.3 Å². The van der Waals surface area contributed by atoms with E-state index >= 15 is 0 Å². The number of nitrogens with zero attached hydrogens (tertiary/aromatic N) is 3. The number of benzene rings is 3. The minimum Gasteiger partial charge on any atom is -0.482 e. The molecule has 158 valence electrons. The van der Waals surface area contributed by atoms with Crippen LogP contribution in [-0.4, -0.2) is 27.5 Å². The molecule has 1 heterocycles. The SMILES string of the molecule is CCc1ccc(-n2nc3ccc(NC(=O)COc4c(C)cc(C)cc4Cl)cc3n2)cc1. The van der Waals surface area contributed by atoms with Crippen molar-refractivity contribution in [3.63, 3.8) is 0 Å². The van der Waals surface area contributed by atoms with Gasteiger partial charge in [0.05, 0.1) is 10.7 Å². The summed E-state index contributed by atoms with van der Waals surface area (Å²) in [6.07, 6.45) is 0.983. The highest BCUT2D eigenvalue weighted by molar-refractivity contribution is 6.32. The van der Waals surface area contributed by atoms with Crippen LogP contribution in [0.25, 0.3) is 16.7 Å². The Bertz CT molecular complexity index is 1230. The summed E-state index contributed by atoms with van der Waals surface area (Å²) in [5.41, 5.74) is 6.14. The fourth-order valence-corrected chi connectivity index (χ4v) is 3.77. The molecule has 7 heteroatoms. The average molecular weight is 435 g/mol. The summed E-state index contributed by atoms with van der Waals surface area (Å²) in [4.78, 5) is 14.0. The summed E-state index contributed by atoms with van der Waals surface area (Å²) in [6.45, 7) is 5.84. The van der Waals surface area contributed by atoms with Crippen molar-refractivity contribution in [1.29, 1.82) is 0 Å². The first-order chi connectivity index (χ1) is 14.9. The zero-order chi connectivity index (χ0) is 22.0. The van der Waals surface area contributed by atoms with Crippen molar-refractivity contribution in [2.24, 2.45) is 0 Å². The molecule has 1 amide bonds.